The molecule has 0 saturated carbocycles. The van der Waals surface area contributed by atoms with Gasteiger partial charge in [-0.3, -0.25) is 0 Å². The second kappa shape index (κ2) is 6.49. The van der Waals surface area contributed by atoms with Crippen LogP contribution in [-0.2, 0) is 6.54 Å². The van der Waals surface area contributed by atoms with Gasteiger partial charge in [-0.05, 0) is 36.4 Å². The zero-order valence-electron chi connectivity index (χ0n) is 13.2. The van der Waals surface area contributed by atoms with Crippen molar-refractivity contribution in [1.29, 1.82) is 0 Å². The Morgan fingerprint density at radius 3 is 2.58 bits per heavy atom. The van der Waals surface area contributed by atoms with Crippen molar-refractivity contribution in [2.45, 2.75) is 6.54 Å². The van der Waals surface area contributed by atoms with Gasteiger partial charge in [-0.25, -0.2) is 4.39 Å². The van der Waals surface area contributed by atoms with Crippen molar-refractivity contribution >= 4 is 5.69 Å². The Morgan fingerprint density at radius 2 is 1.88 bits per heavy atom. The Hall–Kier alpha value is -2.60. The SMILES string of the molecule is Fc1ccc(N2CC[NH+](Cc3cc(-c4ccco4)on3)CC2)cc1. The van der Waals surface area contributed by atoms with E-state index in [0.29, 0.717) is 11.5 Å². The minimum absolute atomic E-state index is 0.193. The van der Waals surface area contributed by atoms with Gasteiger partial charge in [0.15, 0.2) is 5.76 Å². The Kier molecular flexibility index (Phi) is 4.04. The highest BCUT2D eigenvalue weighted by atomic mass is 19.1. The Labute approximate surface area is 139 Å². The summed E-state index contributed by atoms with van der Waals surface area (Å²) in [4.78, 5) is 3.76. The van der Waals surface area contributed by atoms with Gasteiger partial charge in [-0.2, -0.15) is 0 Å². The van der Waals surface area contributed by atoms with E-state index in [4.69, 9.17) is 8.94 Å². The van der Waals surface area contributed by atoms with Crippen molar-refractivity contribution in [2.24, 2.45) is 0 Å². The third kappa shape index (κ3) is 3.19. The second-order valence-corrected chi connectivity index (χ2v) is 6.05. The summed E-state index contributed by atoms with van der Waals surface area (Å²) in [6.07, 6.45) is 1.62. The number of furan rings is 1. The first-order valence-electron chi connectivity index (χ1n) is 8.11. The van der Waals surface area contributed by atoms with E-state index < -0.39 is 0 Å². The molecule has 1 N–H and O–H groups in total. The highest BCUT2D eigenvalue weighted by molar-refractivity contribution is 5.49. The van der Waals surface area contributed by atoms with Gasteiger partial charge in [0.05, 0.1) is 32.4 Å². The number of nitrogens with one attached hydrogen (secondary N) is 1. The highest BCUT2D eigenvalue weighted by Crippen LogP contribution is 2.20. The van der Waals surface area contributed by atoms with Crippen LogP contribution in [0.2, 0.25) is 0 Å². The summed E-state index contributed by atoms with van der Waals surface area (Å²) in [5.41, 5.74) is 2.02. The summed E-state index contributed by atoms with van der Waals surface area (Å²) >= 11 is 0. The molecule has 1 aliphatic heterocycles. The van der Waals surface area contributed by atoms with Crippen molar-refractivity contribution in [3.63, 3.8) is 0 Å². The third-order valence-corrected chi connectivity index (χ3v) is 4.42. The predicted molar refractivity (Wildman–Crippen MR) is 87.2 cm³/mol. The molecule has 3 aromatic rings. The van der Waals surface area contributed by atoms with Crippen LogP contribution in [0.3, 0.4) is 0 Å². The molecular weight excluding hydrogens is 309 g/mol. The average Bonchev–Trinajstić information content (AvgIpc) is 3.28. The number of nitrogens with zero attached hydrogens (tertiary/aromatic N) is 2. The molecule has 1 aliphatic rings. The van der Waals surface area contributed by atoms with Crippen LogP contribution in [0.5, 0.6) is 0 Å². The number of anilines is 1. The zero-order valence-corrected chi connectivity index (χ0v) is 13.2. The molecule has 0 radical (unpaired) electrons. The van der Waals surface area contributed by atoms with Crippen LogP contribution < -0.4 is 9.80 Å². The fraction of sp³-hybridized carbons (Fsp3) is 0.278. The number of rotatable bonds is 4. The minimum atomic E-state index is -0.193. The number of benzene rings is 1. The van der Waals surface area contributed by atoms with E-state index in [2.05, 4.69) is 10.1 Å². The van der Waals surface area contributed by atoms with Crippen LogP contribution in [0, 0.1) is 5.82 Å². The average molecular weight is 328 g/mol. The summed E-state index contributed by atoms with van der Waals surface area (Å²) in [6, 6.07) is 12.3. The summed E-state index contributed by atoms with van der Waals surface area (Å²) in [7, 11) is 0. The molecule has 1 saturated heterocycles. The van der Waals surface area contributed by atoms with E-state index in [-0.39, 0.29) is 5.82 Å². The molecule has 0 amide bonds. The van der Waals surface area contributed by atoms with Crippen molar-refractivity contribution in [2.75, 3.05) is 31.1 Å². The molecular formula is C18H19FN3O2+. The van der Waals surface area contributed by atoms with E-state index in [0.717, 1.165) is 44.1 Å². The van der Waals surface area contributed by atoms with Gasteiger partial charge in [0.25, 0.3) is 0 Å². The van der Waals surface area contributed by atoms with Crippen molar-refractivity contribution in [1.82, 2.24) is 5.16 Å². The lowest BCUT2D eigenvalue weighted by Crippen LogP contribution is -3.13. The molecule has 24 heavy (non-hydrogen) atoms. The van der Waals surface area contributed by atoms with Gasteiger partial charge in [0.2, 0.25) is 5.76 Å². The van der Waals surface area contributed by atoms with Crippen LogP contribution >= 0.6 is 0 Å². The summed E-state index contributed by atoms with van der Waals surface area (Å²) in [6.45, 7) is 4.76. The molecule has 0 spiro atoms. The number of quaternary nitrogens is 1. The number of hydrogen-bond acceptors (Lipinski definition) is 4. The Morgan fingerprint density at radius 1 is 1.08 bits per heavy atom. The lowest BCUT2D eigenvalue weighted by molar-refractivity contribution is -0.914. The molecule has 0 bridgehead atoms. The van der Waals surface area contributed by atoms with Gasteiger partial charge in [-0.1, -0.05) is 5.16 Å². The summed E-state index contributed by atoms with van der Waals surface area (Å²) < 4.78 is 23.7. The van der Waals surface area contributed by atoms with E-state index in [9.17, 15) is 4.39 Å². The van der Waals surface area contributed by atoms with E-state index in [1.807, 2.05) is 30.3 Å². The minimum Gasteiger partial charge on any atom is -0.461 e. The van der Waals surface area contributed by atoms with E-state index in [1.165, 1.54) is 17.0 Å². The quantitative estimate of drug-likeness (QED) is 0.795. The molecule has 4 rings (SSSR count). The molecule has 124 valence electrons. The van der Waals surface area contributed by atoms with Gasteiger partial charge < -0.3 is 18.7 Å². The second-order valence-electron chi connectivity index (χ2n) is 6.05. The maximum atomic E-state index is 13.0. The summed E-state index contributed by atoms with van der Waals surface area (Å²) in [5.74, 6) is 1.17. The number of piperazine rings is 1. The monoisotopic (exact) mass is 328 g/mol. The first-order valence-corrected chi connectivity index (χ1v) is 8.11. The van der Waals surface area contributed by atoms with Crippen LogP contribution in [0.1, 0.15) is 5.69 Å². The fourth-order valence-electron chi connectivity index (χ4n) is 3.10. The molecule has 0 aliphatic carbocycles. The topological polar surface area (TPSA) is 46.9 Å². The smallest absolute Gasteiger partial charge is 0.202 e. The van der Waals surface area contributed by atoms with Crippen molar-refractivity contribution in [3.8, 4) is 11.5 Å². The largest absolute Gasteiger partial charge is 0.461 e. The van der Waals surface area contributed by atoms with Crippen molar-refractivity contribution < 1.29 is 18.2 Å². The van der Waals surface area contributed by atoms with Crippen LogP contribution in [0.25, 0.3) is 11.5 Å². The number of hydrogen-bond donors (Lipinski definition) is 1. The lowest BCUT2D eigenvalue weighted by atomic mass is 10.2. The van der Waals surface area contributed by atoms with Crippen LogP contribution in [-0.4, -0.2) is 31.3 Å². The Bertz CT molecular complexity index is 775. The first-order chi connectivity index (χ1) is 11.8. The van der Waals surface area contributed by atoms with Gasteiger partial charge in [0.1, 0.15) is 18.1 Å². The molecule has 0 atom stereocenters. The molecule has 1 aromatic carbocycles. The number of halogens is 1. The molecule has 3 heterocycles. The molecule has 6 heteroatoms. The molecule has 2 aromatic heterocycles. The predicted octanol–water partition coefficient (Wildman–Crippen LogP) is 1.98. The molecule has 5 nitrogen and oxygen atoms in total. The van der Waals surface area contributed by atoms with Crippen molar-refractivity contribution in [3.05, 3.63) is 60.2 Å². The normalized spacial score (nSPS) is 15.8. The Balaban J connectivity index is 1.34. The van der Waals surface area contributed by atoms with E-state index >= 15 is 0 Å². The van der Waals surface area contributed by atoms with Gasteiger partial charge in [-0.15, -0.1) is 0 Å². The molecule has 0 unspecified atom stereocenters. The third-order valence-electron chi connectivity index (χ3n) is 4.42. The molecule has 1 fully saturated rings. The maximum absolute atomic E-state index is 13.0. The van der Waals surface area contributed by atoms with Crippen LogP contribution in [0.15, 0.2) is 57.7 Å². The fourth-order valence-corrected chi connectivity index (χ4v) is 3.10. The maximum Gasteiger partial charge on any atom is 0.202 e. The van der Waals surface area contributed by atoms with Gasteiger partial charge >= 0.3 is 0 Å². The van der Waals surface area contributed by atoms with Gasteiger partial charge in [0, 0.05) is 11.8 Å². The first kappa shape index (κ1) is 15.0. The highest BCUT2D eigenvalue weighted by Gasteiger charge is 2.22. The lowest BCUT2D eigenvalue weighted by Gasteiger charge is -2.33. The van der Waals surface area contributed by atoms with E-state index in [1.54, 1.807) is 6.26 Å². The number of aromatic nitrogens is 1. The van der Waals surface area contributed by atoms with Crippen LogP contribution in [0.4, 0.5) is 10.1 Å². The zero-order chi connectivity index (χ0) is 16.4. The summed E-state index contributed by atoms with van der Waals surface area (Å²) in [5, 5.41) is 4.14. The standard InChI is InChI=1S/C18H18FN3O2/c19-14-3-5-16(6-4-14)22-9-7-21(8-10-22)13-15-12-18(24-20-15)17-2-1-11-23-17/h1-6,11-12H,7-10,13H2/p+1.